The van der Waals surface area contributed by atoms with Gasteiger partial charge in [-0.25, -0.2) is 0 Å². The second kappa shape index (κ2) is 39.4. The third-order valence-corrected chi connectivity index (χ3v) is 16.9. The lowest BCUT2D eigenvalue weighted by atomic mass is 9.91. The molecule has 1 saturated heterocycles. The summed E-state index contributed by atoms with van der Waals surface area (Å²) >= 11 is 0. The molecular weight excluding hydrogens is 1170 g/mol. The lowest BCUT2D eigenvalue weighted by Gasteiger charge is -2.41. The summed E-state index contributed by atoms with van der Waals surface area (Å²) in [5.74, 6) is -10.3. The van der Waals surface area contributed by atoms with E-state index in [9.17, 15) is 48.6 Å². The monoisotopic (exact) mass is 1290 g/mol. The number of carbonyl (C=O) groups is 11. The second-order valence-corrected chi connectivity index (χ2v) is 27.4. The summed E-state index contributed by atoms with van der Waals surface area (Å²) in [6.45, 7) is 27.3. The number of rotatable bonds is 21. The Hall–Kier alpha value is -6.21. The number of allylic oxidation sites excluding steroid dienone is 2. The fourth-order valence-corrected chi connectivity index (χ4v) is 11.2. The number of unbranched alkanes of at least 4 members (excludes halogenated alkanes) is 1. The van der Waals surface area contributed by atoms with Gasteiger partial charge in [-0.3, -0.25) is 52.7 Å². The first-order chi connectivity index (χ1) is 42.2. The normalized spacial score (nSPS) is 25.9. The Morgan fingerprint density at radius 3 is 1.43 bits per heavy atom. The van der Waals surface area contributed by atoms with E-state index in [1.165, 1.54) is 80.8 Å². The average molecular weight is 1290 g/mol. The maximum Gasteiger partial charge on any atom is 0.247 e. The van der Waals surface area contributed by atoms with Crippen LogP contribution in [0.4, 0.5) is 0 Å². The maximum absolute atomic E-state index is 15.3. The smallest absolute Gasteiger partial charge is 0.247 e. The molecule has 0 aliphatic carbocycles. The minimum absolute atomic E-state index is 0.0111. The number of nitrogens with one attached hydrogen (secondary N) is 4. The lowest BCUT2D eigenvalue weighted by Crippen LogP contribution is -2.63. The van der Waals surface area contributed by atoms with Crippen LogP contribution in [0.5, 0.6) is 0 Å². The number of aliphatic hydroxyl groups excluding tert-OH is 2. The van der Waals surface area contributed by atoms with Crippen LogP contribution >= 0.6 is 0 Å². The topological polar surface area (TPSA) is 308 Å². The zero-order valence-electron chi connectivity index (χ0n) is 59.5. The molecule has 25 heteroatoms. The Balaban J connectivity index is 4.46. The Bertz CT molecular complexity index is 2440. The fourth-order valence-electron chi connectivity index (χ4n) is 11.2. The van der Waals surface area contributed by atoms with E-state index in [2.05, 4.69) is 21.3 Å². The number of amides is 11. The van der Waals surface area contributed by atoms with Gasteiger partial charge in [0.05, 0.1) is 19.3 Å². The summed E-state index contributed by atoms with van der Waals surface area (Å²) in [6.07, 6.45) is 3.66. The molecule has 1 aliphatic heterocycles. The van der Waals surface area contributed by atoms with Gasteiger partial charge in [0.25, 0.3) is 0 Å². The lowest BCUT2D eigenvalue weighted by molar-refractivity contribution is -0.157. The van der Waals surface area contributed by atoms with Crippen LogP contribution in [-0.4, -0.2) is 252 Å². The highest BCUT2D eigenvalue weighted by atomic mass is 16.5. The molecule has 12 atom stereocenters. The molecule has 1 fully saturated rings. The number of hydrogen-bond donors (Lipinski definition) is 6. The van der Waals surface area contributed by atoms with Crippen molar-refractivity contribution in [3.8, 4) is 0 Å². The van der Waals surface area contributed by atoms with E-state index in [0.717, 1.165) is 9.80 Å². The van der Waals surface area contributed by atoms with Gasteiger partial charge in [-0.2, -0.15) is 0 Å². The summed E-state index contributed by atoms with van der Waals surface area (Å²) in [7, 11) is 9.83. The van der Waals surface area contributed by atoms with Crippen molar-refractivity contribution in [2.75, 3.05) is 75.7 Å². The molecule has 1 aliphatic rings. The van der Waals surface area contributed by atoms with Gasteiger partial charge >= 0.3 is 0 Å². The molecule has 1 heterocycles. The predicted octanol–water partition coefficient (Wildman–Crippen LogP) is 3.04. The van der Waals surface area contributed by atoms with Crippen molar-refractivity contribution in [1.82, 2.24) is 55.6 Å². The van der Waals surface area contributed by atoms with Crippen molar-refractivity contribution in [3.05, 3.63) is 12.2 Å². The van der Waals surface area contributed by atoms with Gasteiger partial charge in [0.1, 0.15) is 60.4 Å². The van der Waals surface area contributed by atoms with Gasteiger partial charge in [0, 0.05) is 62.5 Å². The van der Waals surface area contributed by atoms with Crippen LogP contribution in [0.3, 0.4) is 0 Å². The van der Waals surface area contributed by atoms with E-state index in [-0.39, 0.29) is 75.6 Å². The molecule has 0 radical (unpaired) electrons. The molecule has 0 aromatic rings. The van der Waals surface area contributed by atoms with E-state index >= 15 is 14.4 Å². The number of likely N-dealkylation sites (N-methyl/N-ethyl adjacent to an activating group) is 7. The summed E-state index contributed by atoms with van der Waals surface area (Å²) in [4.78, 5) is 171. The number of nitrogens with zero attached hydrogens (tertiary/aromatic N) is 7. The Morgan fingerprint density at radius 2 is 0.956 bits per heavy atom. The van der Waals surface area contributed by atoms with Crippen molar-refractivity contribution in [2.24, 2.45) is 41.4 Å². The quantitative estimate of drug-likeness (QED) is 0.0712. The van der Waals surface area contributed by atoms with Crippen LogP contribution in [0, 0.1) is 41.4 Å². The van der Waals surface area contributed by atoms with E-state index < -0.39 is 156 Å². The Labute approximate surface area is 544 Å². The third-order valence-electron chi connectivity index (χ3n) is 16.9. The summed E-state index contributed by atoms with van der Waals surface area (Å²) < 4.78 is 5.91. The number of aliphatic hydroxyl groups is 2. The van der Waals surface area contributed by atoms with Crippen molar-refractivity contribution in [2.45, 2.75) is 229 Å². The first-order valence-electron chi connectivity index (χ1n) is 32.8. The molecule has 1 rings (SSSR count). The van der Waals surface area contributed by atoms with Gasteiger partial charge < -0.3 is 70.5 Å². The number of hydrogen-bond acceptors (Lipinski definition) is 14. The van der Waals surface area contributed by atoms with Gasteiger partial charge in [-0.15, -0.1) is 0 Å². The molecule has 0 spiro atoms. The average Bonchev–Trinajstić information content (AvgIpc) is 0.918. The van der Waals surface area contributed by atoms with Crippen LogP contribution in [-0.2, 0) is 57.5 Å². The molecule has 91 heavy (non-hydrogen) atoms. The zero-order valence-corrected chi connectivity index (χ0v) is 59.5. The van der Waals surface area contributed by atoms with Crippen molar-refractivity contribution in [1.29, 1.82) is 0 Å². The Morgan fingerprint density at radius 1 is 0.505 bits per heavy atom. The van der Waals surface area contributed by atoms with Crippen molar-refractivity contribution in [3.63, 3.8) is 0 Å². The number of ether oxygens (including phenoxy) is 1. The molecule has 25 nitrogen and oxygen atoms in total. The van der Waals surface area contributed by atoms with E-state index in [1.807, 2.05) is 55.4 Å². The highest BCUT2D eigenvalue weighted by Gasteiger charge is 2.46. The minimum atomic E-state index is -1.63. The highest BCUT2D eigenvalue weighted by molar-refractivity contribution is 5.99. The molecule has 6 N–H and O–H groups in total. The molecule has 11 amide bonds. The predicted molar refractivity (Wildman–Crippen MR) is 350 cm³/mol. The van der Waals surface area contributed by atoms with E-state index in [1.54, 1.807) is 60.6 Å². The highest BCUT2D eigenvalue weighted by Crippen LogP contribution is 2.26. The van der Waals surface area contributed by atoms with E-state index in [4.69, 9.17) is 4.74 Å². The first-order valence-corrected chi connectivity index (χ1v) is 32.8. The SMILES string of the molecule is C/C=C/C[C@@H](C)[C@@H](O)[C@H]1C(=O)N[C@@H](CC)C(=O)N(C)CC(=O)N(C)[C@@H](CC(C)C)C(=O)N[C@@H](C(C)C)C(=O)N(C)[C@@H](CC(C)C)C(=O)N[C@@H](C)C(=O)N[C@H](COCCCCO)C(=O)N(C)[C@@H](CC(C)C)C(=O)N(C)[C@@H](CC(C)C)C(=O)N(C)[C@@H](C(C)C)C(=O)N1C. The summed E-state index contributed by atoms with van der Waals surface area (Å²) in [5.41, 5.74) is 0. The second-order valence-electron chi connectivity index (χ2n) is 27.4. The first kappa shape index (κ1) is 82.8. The van der Waals surface area contributed by atoms with Crippen LogP contribution < -0.4 is 21.3 Å². The van der Waals surface area contributed by atoms with Crippen molar-refractivity contribution >= 4 is 65.0 Å². The van der Waals surface area contributed by atoms with Gasteiger partial charge in [-0.1, -0.05) is 109 Å². The van der Waals surface area contributed by atoms with Crippen molar-refractivity contribution < 1.29 is 67.7 Å². The van der Waals surface area contributed by atoms with Gasteiger partial charge in [-0.05, 0) is 107 Å². The van der Waals surface area contributed by atoms with Gasteiger partial charge in [0.15, 0.2) is 0 Å². The molecule has 522 valence electrons. The van der Waals surface area contributed by atoms with E-state index in [0.29, 0.717) is 19.3 Å². The zero-order chi connectivity index (χ0) is 70.2. The molecule has 0 saturated carbocycles. The van der Waals surface area contributed by atoms with Crippen LogP contribution in [0.1, 0.15) is 162 Å². The third kappa shape index (κ3) is 24.7. The molecule has 0 unspecified atom stereocenters. The molecular formula is C66H119N11O14. The summed E-state index contributed by atoms with van der Waals surface area (Å²) in [6, 6.07) is -12.9. The van der Waals surface area contributed by atoms with Crippen LogP contribution in [0.2, 0.25) is 0 Å². The largest absolute Gasteiger partial charge is 0.396 e. The Kier molecular flexibility index (Phi) is 35.8. The standard InChI is InChI=1S/C66H119N11O14/c1-24-26-29-44(15)56(80)55-60(84)68-46(25-2)61(85)71(17)36-52(79)72(18)48(32-38(3)4)59(83)70-53(42(11)12)65(89)73(19)49(33-39(5)6)58(82)67-45(16)57(81)69-47(37-91-31-28-27-30-78)62(86)74(20)50(34-40(7)8)63(87)75(21)51(35-41(9)10)64(88)76(22)54(43(13)14)66(90)77(55)23/h24,26,38-51,53-56,78,80H,25,27-37H2,1-23H3,(H,67,82)(H,68,84)(H,69,81)(H,70,83)/b26-24+/t44-,45+,46+,47-,48+,49+,50+,51+,53+,54+,55+,56-/m1/s1. The molecule has 0 aromatic heterocycles. The van der Waals surface area contributed by atoms with Crippen LogP contribution in [0.15, 0.2) is 12.2 Å². The minimum Gasteiger partial charge on any atom is -0.396 e. The fraction of sp³-hybridized carbons (Fsp3) is 0.803. The molecule has 0 aromatic carbocycles. The maximum atomic E-state index is 15.3. The van der Waals surface area contributed by atoms with Crippen LogP contribution in [0.25, 0.3) is 0 Å². The summed E-state index contributed by atoms with van der Waals surface area (Å²) in [5, 5.41) is 32.7. The molecule has 0 bridgehead atoms. The van der Waals surface area contributed by atoms with Gasteiger partial charge in [0.2, 0.25) is 65.0 Å². The number of carbonyl (C=O) groups excluding carboxylic acids is 11.